The van der Waals surface area contributed by atoms with Crippen LogP contribution in [-0.2, 0) is 9.59 Å². The number of para-hydroxylation sites is 1. The number of hydrogen-bond acceptors (Lipinski definition) is 3. The first-order valence-electron chi connectivity index (χ1n) is 4.98. The van der Waals surface area contributed by atoms with Crippen LogP contribution in [0.15, 0.2) is 24.3 Å². The molecule has 1 aromatic rings. The summed E-state index contributed by atoms with van der Waals surface area (Å²) in [4.78, 5) is 22.5. The highest BCUT2D eigenvalue weighted by Gasteiger charge is 2.18. The van der Waals surface area contributed by atoms with Crippen molar-refractivity contribution in [2.24, 2.45) is 0 Å². The number of rotatable bonds is 4. The third kappa shape index (κ3) is 4.07. The highest BCUT2D eigenvalue weighted by molar-refractivity contribution is 7.80. The molecule has 2 N–H and O–H groups in total. The molecule has 0 radical (unpaired) electrons. The van der Waals surface area contributed by atoms with Gasteiger partial charge in [-0.3, -0.25) is 9.59 Å². The summed E-state index contributed by atoms with van der Waals surface area (Å²) in [5.41, 5.74) is 0.0784. The second-order valence-electron chi connectivity index (χ2n) is 3.40. The molecule has 0 aliphatic carbocycles. The second-order valence-corrected chi connectivity index (χ2v) is 3.77. The lowest BCUT2D eigenvalue weighted by molar-refractivity contribution is -0.124. The van der Waals surface area contributed by atoms with Gasteiger partial charge in [0.1, 0.15) is 11.9 Å². The van der Waals surface area contributed by atoms with Crippen molar-refractivity contribution in [2.45, 2.75) is 13.0 Å². The number of nitrogens with one attached hydrogen (secondary N) is 2. The molecule has 4 nitrogen and oxygen atoms in total. The molecule has 0 aliphatic rings. The minimum absolute atomic E-state index is 0.0784. The Hall–Kier alpha value is -1.56. The predicted molar refractivity (Wildman–Crippen MR) is 66.5 cm³/mol. The van der Waals surface area contributed by atoms with Gasteiger partial charge in [-0.25, -0.2) is 4.39 Å². The van der Waals surface area contributed by atoms with Crippen molar-refractivity contribution in [3.63, 3.8) is 0 Å². The minimum atomic E-state index is -0.782. The lowest BCUT2D eigenvalue weighted by Crippen LogP contribution is -2.44. The van der Waals surface area contributed by atoms with Crippen LogP contribution in [0.4, 0.5) is 10.1 Å². The van der Waals surface area contributed by atoms with Crippen LogP contribution in [0.2, 0.25) is 0 Å². The van der Waals surface area contributed by atoms with Gasteiger partial charge in [0.2, 0.25) is 11.8 Å². The first-order valence-corrected chi connectivity index (χ1v) is 5.61. The monoisotopic (exact) mass is 256 g/mol. The molecule has 0 fully saturated rings. The summed E-state index contributed by atoms with van der Waals surface area (Å²) in [7, 11) is 0. The Labute approximate surface area is 104 Å². The Kier molecular flexibility index (Phi) is 4.96. The Morgan fingerprint density at radius 3 is 2.59 bits per heavy atom. The van der Waals surface area contributed by atoms with Crippen LogP contribution in [0.3, 0.4) is 0 Å². The molecule has 1 rings (SSSR count). The van der Waals surface area contributed by atoms with Gasteiger partial charge in [0.25, 0.3) is 0 Å². The molecule has 17 heavy (non-hydrogen) atoms. The van der Waals surface area contributed by atoms with Crippen molar-refractivity contribution >= 4 is 30.1 Å². The van der Waals surface area contributed by atoms with Gasteiger partial charge in [-0.15, -0.1) is 0 Å². The molecule has 0 aromatic heterocycles. The number of carbonyl (C=O) groups excluding carboxylic acids is 2. The summed E-state index contributed by atoms with van der Waals surface area (Å²) in [6.07, 6.45) is 0. The topological polar surface area (TPSA) is 58.2 Å². The molecule has 1 atom stereocenters. The molecular formula is C11H13FN2O2S. The van der Waals surface area contributed by atoms with Gasteiger partial charge >= 0.3 is 0 Å². The Morgan fingerprint density at radius 1 is 1.41 bits per heavy atom. The highest BCUT2D eigenvalue weighted by Crippen LogP contribution is 2.12. The molecule has 0 aliphatic heterocycles. The second kappa shape index (κ2) is 6.24. The molecule has 1 aromatic carbocycles. The lowest BCUT2D eigenvalue weighted by Gasteiger charge is -2.15. The van der Waals surface area contributed by atoms with E-state index in [4.69, 9.17) is 0 Å². The van der Waals surface area contributed by atoms with E-state index in [2.05, 4.69) is 23.3 Å². The van der Waals surface area contributed by atoms with Crippen molar-refractivity contribution in [1.82, 2.24) is 5.32 Å². The van der Waals surface area contributed by atoms with E-state index in [1.165, 1.54) is 25.1 Å². The number of amides is 2. The summed E-state index contributed by atoms with van der Waals surface area (Å²) in [5, 5.41) is 4.81. The molecule has 0 saturated carbocycles. The van der Waals surface area contributed by atoms with E-state index in [0.717, 1.165) is 0 Å². The zero-order valence-electron chi connectivity index (χ0n) is 9.24. The first kappa shape index (κ1) is 13.5. The van der Waals surface area contributed by atoms with E-state index in [1.54, 1.807) is 6.07 Å². The Bertz CT molecular complexity index is 426. The fourth-order valence-electron chi connectivity index (χ4n) is 1.22. The minimum Gasteiger partial charge on any atom is -0.344 e. The van der Waals surface area contributed by atoms with Crippen LogP contribution in [0.1, 0.15) is 6.92 Å². The molecule has 0 spiro atoms. The van der Waals surface area contributed by atoms with Crippen molar-refractivity contribution in [2.75, 3.05) is 11.1 Å². The Morgan fingerprint density at radius 2 is 2.06 bits per heavy atom. The van der Waals surface area contributed by atoms with Crippen LogP contribution in [-0.4, -0.2) is 23.6 Å². The maximum atomic E-state index is 13.3. The van der Waals surface area contributed by atoms with Crippen molar-refractivity contribution in [3.05, 3.63) is 30.1 Å². The SMILES string of the molecule is CC(=O)NC(CS)C(=O)Nc1ccccc1F. The average Bonchev–Trinajstić information content (AvgIpc) is 2.28. The number of halogens is 1. The van der Waals surface area contributed by atoms with E-state index in [1.807, 2.05) is 0 Å². The van der Waals surface area contributed by atoms with E-state index in [9.17, 15) is 14.0 Å². The van der Waals surface area contributed by atoms with Gasteiger partial charge in [0.15, 0.2) is 0 Å². The third-order valence-corrected chi connectivity index (χ3v) is 2.37. The summed E-state index contributed by atoms with van der Waals surface area (Å²) < 4.78 is 13.3. The van der Waals surface area contributed by atoms with Crippen LogP contribution in [0.25, 0.3) is 0 Å². The van der Waals surface area contributed by atoms with Crippen molar-refractivity contribution < 1.29 is 14.0 Å². The van der Waals surface area contributed by atoms with E-state index in [0.29, 0.717) is 0 Å². The van der Waals surface area contributed by atoms with Crippen LogP contribution in [0.5, 0.6) is 0 Å². The van der Waals surface area contributed by atoms with Crippen LogP contribution in [0, 0.1) is 5.82 Å². The Balaban J connectivity index is 2.71. The van der Waals surface area contributed by atoms with E-state index in [-0.39, 0.29) is 17.3 Å². The molecule has 0 heterocycles. The molecule has 92 valence electrons. The van der Waals surface area contributed by atoms with Gasteiger partial charge in [-0.1, -0.05) is 12.1 Å². The largest absolute Gasteiger partial charge is 0.344 e. The molecule has 0 saturated heterocycles. The smallest absolute Gasteiger partial charge is 0.247 e. The normalized spacial score (nSPS) is 11.7. The summed E-state index contributed by atoms with van der Waals surface area (Å²) in [6.45, 7) is 1.30. The van der Waals surface area contributed by atoms with Gasteiger partial charge in [0, 0.05) is 12.7 Å². The quantitative estimate of drug-likeness (QED) is 0.709. The third-order valence-electron chi connectivity index (χ3n) is 2.01. The maximum Gasteiger partial charge on any atom is 0.247 e. The fraction of sp³-hybridized carbons (Fsp3) is 0.273. The standard InChI is InChI=1S/C11H13FN2O2S/c1-7(15)13-10(6-17)11(16)14-9-5-3-2-4-8(9)12/h2-5,10,17H,6H2,1H3,(H,13,15)(H,14,16). The maximum absolute atomic E-state index is 13.3. The fourth-order valence-corrected chi connectivity index (χ4v) is 1.48. The van der Waals surface area contributed by atoms with Gasteiger partial charge < -0.3 is 10.6 Å². The predicted octanol–water partition coefficient (Wildman–Crippen LogP) is 1.20. The lowest BCUT2D eigenvalue weighted by atomic mass is 10.2. The zero-order chi connectivity index (χ0) is 12.8. The van der Waals surface area contributed by atoms with Crippen molar-refractivity contribution in [1.29, 1.82) is 0 Å². The number of benzene rings is 1. The van der Waals surface area contributed by atoms with Crippen LogP contribution >= 0.6 is 12.6 Å². The number of anilines is 1. The summed E-state index contributed by atoms with van der Waals surface area (Å²) in [5.74, 6) is -1.23. The summed E-state index contributed by atoms with van der Waals surface area (Å²) in [6, 6.07) is 5.03. The molecule has 2 amide bonds. The average molecular weight is 256 g/mol. The number of hydrogen-bond donors (Lipinski definition) is 3. The van der Waals surface area contributed by atoms with E-state index >= 15 is 0 Å². The number of thiol groups is 1. The molecule has 1 unspecified atom stereocenters. The molecule has 0 bridgehead atoms. The van der Waals surface area contributed by atoms with Crippen LogP contribution < -0.4 is 10.6 Å². The summed E-state index contributed by atoms with van der Waals surface area (Å²) >= 11 is 3.95. The van der Waals surface area contributed by atoms with Crippen molar-refractivity contribution in [3.8, 4) is 0 Å². The van der Waals surface area contributed by atoms with Gasteiger partial charge in [-0.05, 0) is 12.1 Å². The van der Waals surface area contributed by atoms with Gasteiger partial charge in [0.05, 0.1) is 5.69 Å². The van der Waals surface area contributed by atoms with E-state index < -0.39 is 17.8 Å². The van der Waals surface area contributed by atoms with Gasteiger partial charge in [-0.2, -0.15) is 12.6 Å². The molecule has 6 heteroatoms. The highest BCUT2D eigenvalue weighted by atomic mass is 32.1. The zero-order valence-corrected chi connectivity index (χ0v) is 10.1. The first-order chi connectivity index (χ1) is 8.04. The number of carbonyl (C=O) groups is 2. The molecular weight excluding hydrogens is 243 g/mol.